The molecule has 118 valence electrons. The molecule has 2 aromatic carbocycles. The highest BCUT2D eigenvalue weighted by atomic mass is 35.5. The van der Waals surface area contributed by atoms with E-state index in [2.05, 4.69) is 0 Å². The van der Waals surface area contributed by atoms with Gasteiger partial charge in [0.25, 0.3) is 0 Å². The highest BCUT2D eigenvalue weighted by Gasteiger charge is 2.12. The number of halogens is 2. The SMILES string of the molecule is CCOc1cc(/C=C(/C#N)c2ccccc2F)c(Cl)cc1OC. The second kappa shape index (κ2) is 7.66. The van der Waals surface area contributed by atoms with E-state index in [-0.39, 0.29) is 11.1 Å². The van der Waals surface area contributed by atoms with Crippen molar-refractivity contribution in [3.8, 4) is 17.6 Å². The van der Waals surface area contributed by atoms with E-state index in [1.54, 1.807) is 30.3 Å². The number of nitriles is 1. The van der Waals surface area contributed by atoms with Crippen LogP contribution in [0.2, 0.25) is 5.02 Å². The van der Waals surface area contributed by atoms with Crippen LogP contribution in [0, 0.1) is 17.1 Å². The van der Waals surface area contributed by atoms with E-state index >= 15 is 0 Å². The number of nitrogens with zero attached hydrogens (tertiary/aromatic N) is 1. The standard InChI is InChI=1S/C18H15ClFNO2/c1-3-23-18-9-12(15(19)10-17(18)22-2)8-13(11-21)14-6-4-5-7-16(14)20/h4-10H,3H2,1-2H3/b13-8-. The molecule has 0 aliphatic rings. The van der Waals surface area contributed by atoms with Crippen LogP contribution in [-0.2, 0) is 0 Å². The van der Waals surface area contributed by atoms with Gasteiger partial charge in [-0.25, -0.2) is 4.39 Å². The fraction of sp³-hybridized carbons (Fsp3) is 0.167. The molecule has 23 heavy (non-hydrogen) atoms. The third-order valence-corrected chi connectivity index (χ3v) is 3.49. The van der Waals surface area contributed by atoms with Gasteiger partial charge in [0, 0.05) is 11.6 Å². The predicted molar refractivity (Wildman–Crippen MR) is 89.1 cm³/mol. The van der Waals surface area contributed by atoms with E-state index in [9.17, 15) is 9.65 Å². The molecule has 0 amide bonds. The Morgan fingerprint density at radius 2 is 2.04 bits per heavy atom. The quantitative estimate of drug-likeness (QED) is 0.575. The molecule has 0 aromatic heterocycles. The number of hydrogen-bond donors (Lipinski definition) is 0. The first-order valence-electron chi connectivity index (χ1n) is 6.97. The minimum Gasteiger partial charge on any atom is -0.493 e. The van der Waals surface area contributed by atoms with Gasteiger partial charge in [0.2, 0.25) is 0 Å². The Morgan fingerprint density at radius 3 is 2.65 bits per heavy atom. The molecule has 0 atom stereocenters. The monoisotopic (exact) mass is 331 g/mol. The third kappa shape index (κ3) is 3.82. The van der Waals surface area contributed by atoms with Crippen LogP contribution in [0.1, 0.15) is 18.1 Å². The molecule has 0 saturated carbocycles. The topological polar surface area (TPSA) is 42.2 Å². The van der Waals surface area contributed by atoms with Crippen LogP contribution < -0.4 is 9.47 Å². The Bertz CT molecular complexity index is 781. The van der Waals surface area contributed by atoms with Gasteiger partial charge in [0.05, 0.1) is 30.4 Å². The largest absolute Gasteiger partial charge is 0.493 e. The lowest BCUT2D eigenvalue weighted by molar-refractivity contribution is 0.311. The van der Waals surface area contributed by atoms with Gasteiger partial charge in [-0.1, -0.05) is 29.8 Å². The molecule has 0 unspecified atom stereocenters. The molecule has 5 heteroatoms. The summed E-state index contributed by atoms with van der Waals surface area (Å²) >= 11 is 6.23. The minimum atomic E-state index is -0.463. The van der Waals surface area contributed by atoms with Gasteiger partial charge in [-0.05, 0) is 30.7 Å². The molecule has 0 fully saturated rings. The van der Waals surface area contributed by atoms with E-state index in [0.717, 1.165) is 0 Å². The Labute approximate surface area is 139 Å². The van der Waals surface area contributed by atoms with Crippen molar-refractivity contribution in [2.75, 3.05) is 13.7 Å². The zero-order valence-electron chi connectivity index (χ0n) is 12.8. The highest BCUT2D eigenvalue weighted by molar-refractivity contribution is 6.32. The van der Waals surface area contributed by atoms with Crippen molar-refractivity contribution in [2.24, 2.45) is 0 Å². The summed E-state index contributed by atoms with van der Waals surface area (Å²) in [5, 5.41) is 9.73. The van der Waals surface area contributed by atoms with E-state index < -0.39 is 5.82 Å². The van der Waals surface area contributed by atoms with Crippen LogP contribution in [0.15, 0.2) is 36.4 Å². The molecule has 0 radical (unpaired) electrons. The van der Waals surface area contributed by atoms with Crippen LogP contribution in [-0.4, -0.2) is 13.7 Å². The Balaban J connectivity index is 2.54. The maximum absolute atomic E-state index is 13.9. The number of ether oxygens (including phenoxy) is 2. The average molecular weight is 332 g/mol. The molecule has 0 bridgehead atoms. The van der Waals surface area contributed by atoms with Gasteiger partial charge in [0.1, 0.15) is 5.82 Å². The Kier molecular flexibility index (Phi) is 5.61. The zero-order valence-corrected chi connectivity index (χ0v) is 13.5. The predicted octanol–water partition coefficient (Wildman–Crippen LogP) is 4.95. The Morgan fingerprint density at radius 1 is 1.30 bits per heavy atom. The average Bonchev–Trinajstić information content (AvgIpc) is 2.56. The van der Waals surface area contributed by atoms with E-state index in [4.69, 9.17) is 21.1 Å². The van der Waals surface area contributed by atoms with Crippen molar-refractivity contribution in [1.82, 2.24) is 0 Å². The van der Waals surface area contributed by atoms with Crippen molar-refractivity contribution >= 4 is 23.3 Å². The van der Waals surface area contributed by atoms with E-state index in [1.165, 1.54) is 19.3 Å². The van der Waals surface area contributed by atoms with Gasteiger partial charge in [-0.2, -0.15) is 5.26 Å². The first kappa shape index (κ1) is 16.9. The van der Waals surface area contributed by atoms with Gasteiger partial charge >= 0.3 is 0 Å². The van der Waals surface area contributed by atoms with Crippen LogP contribution in [0.3, 0.4) is 0 Å². The molecule has 0 saturated heterocycles. The van der Waals surface area contributed by atoms with Crippen LogP contribution in [0.4, 0.5) is 4.39 Å². The van der Waals surface area contributed by atoms with Crippen molar-refractivity contribution in [3.05, 3.63) is 58.4 Å². The maximum atomic E-state index is 13.9. The number of benzene rings is 2. The lowest BCUT2D eigenvalue weighted by atomic mass is 10.0. The molecule has 0 heterocycles. The third-order valence-electron chi connectivity index (χ3n) is 3.17. The summed E-state index contributed by atoms with van der Waals surface area (Å²) in [5.74, 6) is 0.546. The van der Waals surface area contributed by atoms with Gasteiger partial charge < -0.3 is 9.47 Å². The zero-order chi connectivity index (χ0) is 16.8. The molecular formula is C18H15ClFNO2. The highest BCUT2D eigenvalue weighted by Crippen LogP contribution is 2.35. The van der Waals surface area contributed by atoms with Crippen LogP contribution in [0.5, 0.6) is 11.5 Å². The first-order chi connectivity index (χ1) is 11.1. The Hall–Kier alpha value is -2.51. The summed E-state index contributed by atoms with van der Waals surface area (Å²) in [4.78, 5) is 0. The van der Waals surface area contributed by atoms with E-state index in [1.807, 2.05) is 13.0 Å². The minimum absolute atomic E-state index is 0.178. The second-order valence-corrected chi connectivity index (χ2v) is 5.01. The van der Waals surface area contributed by atoms with Crippen molar-refractivity contribution in [1.29, 1.82) is 5.26 Å². The molecule has 3 nitrogen and oxygen atoms in total. The maximum Gasteiger partial charge on any atom is 0.162 e. The van der Waals surface area contributed by atoms with Gasteiger partial charge in [0.15, 0.2) is 11.5 Å². The fourth-order valence-corrected chi connectivity index (χ4v) is 2.30. The summed E-state index contributed by atoms with van der Waals surface area (Å²) in [5.41, 5.74) is 0.952. The number of allylic oxidation sites excluding steroid dienone is 1. The van der Waals surface area contributed by atoms with Crippen LogP contribution in [0.25, 0.3) is 11.6 Å². The molecular weight excluding hydrogens is 317 g/mol. The molecule has 2 aromatic rings. The summed E-state index contributed by atoms with van der Waals surface area (Å²) in [6.07, 6.45) is 1.53. The van der Waals surface area contributed by atoms with E-state index in [0.29, 0.717) is 28.7 Å². The number of hydrogen-bond acceptors (Lipinski definition) is 3. The lowest BCUT2D eigenvalue weighted by Crippen LogP contribution is -1.96. The lowest BCUT2D eigenvalue weighted by Gasteiger charge is -2.11. The summed E-state index contributed by atoms with van der Waals surface area (Å²) in [6, 6.07) is 11.4. The molecule has 2 rings (SSSR count). The summed E-state index contributed by atoms with van der Waals surface area (Å²) in [7, 11) is 1.52. The summed E-state index contributed by atoms with van der Waals surface area (Å²) in [6.45, 7) is 2.31. The smallest absolute Gasteiger partial charge is 0.162 e. The fourth-order valence-electron chi connectivity index (χ4n) is 2.09. The van der Waals surface area contributed by atoms with Crippen molar-refractivity contribution in [3.63, 3.8) is 0 Å². The second-order valence-electron chi connectivity index (χ2n) is 4.61. The molecule has 0 aliphatic heterocycles. The normalized spacial score (nSPS) is 11.0. The van der Waals surface area contributed by atoms with Gasteiger partial charge in [-0.3, -0.25) is 0 Å². The van der Waals surface area contributed by atoms with Crippen LogP contribution >= 0.6 is 11.6 Å². The van der Waals surface area contributed by atoms with Crippen molar-refractivity contribution in [2.45, 2.75) is 6.92 Å². The molecule has 0 N–H and O–H groups in total. The number of rotatable bonds is 5. The van der Waals surface area contributed by atoms with Gasteiger partial charge in [-0.15, -0.1) is 0 Å². The first-order valence-corrected chi connectivity index (χ1v) is 7.35. The molecule has 0 aliphatic carbocycles. The summed E-state index contributed by atoms with van der Waals surface area (Å²) < 4.78 is 24.6. The number of methoxy groups -OCH3 is 1. The molecule has 0 spiro atoms. The van der Waals surface area contributed by atoms with Crippen molar-refractivity contribution < 1.29 is 13.9 Å².